The fraction of sp³-hybridized carbons (Fsp3) is 0.278. The second kappa shape index (κ2) is 10.3. The summed E-state index contributed by atoms with van der Waals surface area (Å²) in [5.74, 6) is -4.63. The van der Waals surface area contributed by atoms with Crippen LogP contribution in [0.15, 0.2) is 22.4 Å². The van der Waals surface area contributed by atoms with Gasteiger partial charge in [0.05, 0.1) is 6.04 Å². The Kier molecular flexibility index (Phi) is 7.60. The molecule has 3 rings (SSSR count). The van der Waals surface area contributed by atoms with Gasteiger partial charge in [0.25, 0.3) is 17.7 Å². The number of aromatic nitrogens is 2. The SMILES string of the molecule is C[C@H](NC(=O)c1cc(=O)c(O)c[nH]1)C(=O)NC[C@@H]1[C@H](NC(=O)C(=N)c2csc(N)n2)C(=O)N1S(=O)(=O)O. The first-order valence-corrected chi connectivity index (χ1v) is 12.4. The molecule has 2 aromatic rings. The molecular formula is C18H20N8O9S2. The number of nitrogen functional groups attached to an aromatic ring is 1. The van der Waals surface area contributed by atoms with Gasteiger partial charge in [0.2, 0.25) is 11.3 Å². The maximum Gasteiger partial charge on any atom is 0.362 e. The molecule has 0 bridgehead atoms. The number of nitrogens with two attached hydrogens (primary N) is 1. The van der Waals surface area contributed by atoms with E-state index in [1.165, 1.54) is 12.3 Å². The second-order valence-corrected chi connectivity index (χ2v) is 9.79. The van der Waals surface area contributed by atoms with Gasteiger partial charge in [0, 0.05) is 24.2 Å². The van der Waals surface area contributed by atoms with Gasteiger partial charge in [-0.1, -0.05) is 0 Å². The zero-order valence-electron chi connectivity index (χ0n) is 18.7. The Morgan fingerprint density at radius 1 is 1.35 bits per heavy atom. The molecule has 1 saturated heterocycles. The largest absolute Gasteiger partial charge is 0.503 e. The van der Waals surface area contributed by atoms with Gasteiger partial charge in [0.1, 0.15) is 29.2 Å². The lowest BCUT2D eigenvalue weighted by Crippen LogP contribution is -2.74. The van der Waals surface area contributed by atoms with E-state index in [1.807, 2.05) is 0 Å². The van der Waals surface area contributed by atoms with E-state index < -0.39 is 75.5 Å². The molecule has 0 unspecified atom stereocenters. The second-order valence-electron chi connectivity index (χ2n) is 7.61. The molecule has 0 saturated carbocycles. The minimum atomic E-state index is -5.06. The highest BCUT2D eigenvalue weighted by Gasteiger charge is 2.54. The molecule has 198 valence electrons. The van der Waals surface area contributed by atoms with E-state index in [0.717, 1.165) is 23.6 Å². The van der Waals surface area contributed by atoms with Gasteiger partial charge in [0.15, 0.2) is 10.9 Å². The molecule has 19 heteroatoms. The molecule has 2 aromatic heterocycles. The number of pyridine rings is 1. The lowest BCUT2D eigenvalue weighted by atomic mass is 9.98. The Morgan fingerprint density at radius 3 is 2.59 bits per heavy atom. The van der Waals surface area contributed by atoms with Crippen LogP contribution in [0, 0.1) is 5.41 Å². The molecule has 37 heavy (non-hydrogen) atoms. The summed E-state index contributed by atoms with van der Waals surface area (Å²) >= 11 is 0.964. The fourth-order valence-electron chi connectivity index (χ4n) is 3.19. The van der Waals surface area contributed by atoms with Crippen molar-refractivity contribution in [3.63, 3.8) is 0 Å². The van der Waals surface area contributed by atoms with Crippen molar-refractivity contribution in [3.8, 4) is 5.75 Å². The molecule has 0 aromatic carbocycles. The third-order valence-electron chi connectivity index (χ3n) is 5.07. The maximum atomic E-state index is 12.4. The predicted molar refractivity (Wildman–Crippen MR) is 126 cm³/mol. The predicted octanol–water partition coefficient (Wildman–Crippen LogP) is -3.08. The number of hydrogen-bond donors (Lipinski definition) is 8. The third-order valence-corrected chi connectivity index (χ3v) is 6.69. The lowest BCUT2D eigenvalue weighted by Gasteiger charge is -2.44. The lowest BCUT2D eigenvalue weighted by molar-refractivity contribution is -0.145. The van der Waals surface area contributed by atoms with Crippen LogP contribution in [0.3, 0.4) is 0 Å². The van der Waals surface area contributed by atoms with Crippen molar-refractivity contribution in [1.82, 2.24) is 30.2 Å². The number of aromatic hydroxyl groups is 1. The summed E-state index contributed by atoms with van der Waals surface area (Å²) in [5.41, 5.74) is 3.64. The van der Waals surface area contributed by atoms with Crippen LogP contribution >= 0.6 is 11.3 Å². The van der Waals surface area contributed by atoms with Gasteiger partial charge in [-0.25, -0.2) is 9.29 Å². The van der Waals surface area contributed by atoms with Crippen molar-refractivity contribution in [2.45, 2.75) is 25.0 Å². The number of nitrogens with zero attached hydrogens (tertiary/aromatic N) is 2. The fourth-order valence-corrected chi connectivity index (χ4v) is 4.62. The summed E-state index contributed by atoms with van der Waals surface area (Å²) in [6.07, 6.45) is 0.886. The van der Waals surface area contributed by atoms with Crippen molar-refractivity contribution in [2.24, 2.45) is 0 Å². The first-order valence-electron chi connectivity index (χ1n) is 10.1. The molecule has 3 atom stereocenters. The van der Waals surface area contributed by atoms with E-state index in [2.05, 4.69) is 25.9 Å². The number of carbonyl (C=O) groups excluding carboxylic acids is 4. The van der Waals surface area contributed by atoms with Crippen molar-refractivity contribution in [3.05, 3.63) is 39.3 Å². The number of hydrogen-bond acceptors (Lipinski definition) is 12. The number of aromatic amines is 1. The molecule has 4 amide bonds. The van der Waals surface area contributed by atoms with Gasteiger partial charge in [-0.05, 0) is 6.92 Å². The molecular weight excluding hydrogens is 536 g/mol. The van der Waals surface area contributed by atoms with Crippen LogP contribution < -0.4 is 27.1 Å². The van der Waals surface area contributed by atoms with Crippen LogP contribution in [0.5, 0.6) is 5.75 Å². The van der Waals surface area contributed by atoms with E-state index >= 15 is 0 Å². The van der Waals surface area contributed by atoms with E-state index in [1.54, 1.807) is 0 Å². The minimum absolute atomic E-state index is 0.0487. The molecule has 0 aliphatic carbocycles. The Bertz CT molecular complexity index is 1450. The summed E-state index contributed by atoms with van der Waals surface area (Å²) in [6, 6.07) is -3.40. The number of thiazole rings is 1. The highest BCUT2D eigenvalue weighted by atomic mass is 32.2. The topological polar surface area (TPSA) is 278 Å². The highest BCUT2D eigenvalue weighted by Crippen LogP contribution is 2.23. The highest BCUT2D eigenvalue weighted by molar-refractivity contribution is 7.84. The van der Waals surface area contributed by atoms with Crippen LogP contribution in [0.1, 0.15) is 23.1 Å². The van der Waals surface area contributed by atoms with Gasteiger partial charge in [-0.2, -0.15) is 8.42 Å². The Labute approximate surface area is 211 Å². The van der Waals surface area contributed by atoms with Crippen LogP contribution in [0.4, 0.5) is 5.13 Å². The molecule has 1 aliphatic heterocycles. The maximum absolute atomic E-state index is 12.4. The number of H-pyrrole nitrogens is 1. The summed E-state index contributed by atoms with van der Waals surface area (Å²) in [4.78, 5) is 66.9. The molecule has 0 spiro atoms. The van der Waals surface area contributed by atoms with Crippen LogP contribution in [-0.2, 0) is 24.7 Å². The quantitative estimate of drug-likeness (QED) is 0.0870. The number of anilines is 1. The Hall–Kier alpha value is -4.36. The number of rotatable bonds is 9. The summed E-state index contributed by atoms with van der Waals surface area (Å²) in [5, 5.41) is 25.2. The van der Waals surface area contributed by atoms with Crippen LogP contribution in [0.25, 0.3) is 0 Å². The molecule has 1 aliphatic rings. The average Bonchev–Trinajstić information content (AvgIpc) is 3.25. The summed E-state index contributed by atoms with van der Waals surface area (Å²) in [7, 11) is -5.06. The van der Waals surface area contributed by atoms with Gasteiger partial charge < -0.3 is 31.8 Å². The molecule has 0 radical (unpaired) electrons. The third kappa shape index (κ3) is 5.90. The number of β-lactam (4-membered cyclic amide) rings is 1. The van der Waals surface area contributed by atoms with E-state index in [-0.39, 0.29) is 20.8 Å². The molecule has 1 fully saturated rings. The minimum Gasteiger partial charge on any atom is -0.503 e. The van der Waals surface area contributed by atoms with Crippen LogP contribution in [-0.4, -0.2) is 86.4 Å². The molecule has 9 N–H and O–H groups in total. The Balaban J connectivity index is 1.65. The van der Waals surface area contributed by atoms with Crippen molar-refractivity contribution >= 4 is 56.1 Å². The standard InChI is InChI=1S/C18H20N8O9S2/c1-6(23-15(30)7-2-10(27)11(28)4-21-7)14(29)22-3-9-13(17(32)26(9)37(33,34)35)25-16(31)12(19)8-5-36-18(20)24-8/h2,4-6,9,13,19,28H,3H2,1H3,(H2,20,24)(H,21,27)(H,22,29)(H,23,30)(H,25,31)(H,33,34,35)/t6-,9+,13-/m0/s1. The van der Waals surface area contributed by atoms with Crippen LogP contribution in [0.2, 0.25) is 0 Å². The number of carbonyl (C=O) groups is 4. The monoisotopic (exact) mass is 556 g/mol. The van der Waals surface area contributed by atoms with E-state index in [4.69, 9.17) is 11.1 Å². The van der Waals surface area contributed by atoms with Crippen molar-refractivity contribution < 1.29 is 37.3 Å². The summed E-state index contributed by atoms with van der Waals surface area (Å²) in [6.45, 7) is 0.681. The zero-order valence-corrected chi connectivity index (χ0v) is 20.3. The Morgan fingerprint density at radius 2 is 2.03 bits per heavy atom. The van der Waals surface area contributed by atoms with Gasteiger partial charge in [-0.15, -0.1) is 11.3 Å². The first-order chi connectivity index (χ1) is 17.2. The van der Waals surface area contributed by atoms with E-state index in [0.29, 0.717) is 0 Å². The van der Waals surface area contributed by atoms with E-state index in [9.17, 15) is 42.0 Å². The number of nitrogens with one attached hydrogen (secondary N) is 5. The molecule has 3 heterocycles. The number of amides is 4. The average molecular weight is 557 g/mol. The van der Waals surface area contributed by atoms with Crippen molar-refractivity contribution in [1.29, 1.82) is 5.41 Å². The summed E-state index contributed by atoms with van der Waals surface area (Å²) < 4.78 is 32.7. The van der Waals surface area contributed by atoms with Gasteiger partial charge in [-0.3, -0.25) is 33.9 Å². The van der Waals surface area contributed by atoms with Gasteiger partial charge >= 0.3 is 10.3 Å². The molecule has 17 nitrogen and oxygen atoms in total. The van der Waals surface area contributed by atoms with Crippen molar-refractivity contribution in [2.75, 3.05) is 12.3 Å². The first kappa shape index (κ1) is 27.2. The zero-order chi connectivity index (χ0) is 27.7. The normalized spacial score (nSPS) is 17.9. The smallest absolute Gasteiger partial charge is 0.362 e.